The molecule has 0 spiro atoms. The fraction of sp³-hybridized carbons (Fsp3) is 0.190. The maximum Gasteiger partial charge on any atom is 0.343 e. The van der Waals surface area contributed by atoms with Crippen LogP contribution in [0.15, 0.2) is 46.3 Å². The molecule has 3 rings (SSSR count). The van der Waals surface area contributed by atoms with Crippen LogP contribution in [0.25, 0.3) is 6.08 Å². The summed E-state index contributed by atoms with van der Waals surface area (Å²) in [5.74, 6) is 0.873. The molecule has 0 bridgehead atoms. The predicted molar refractivity (Wildman–Crippen MR) is 127 cm³/mol. The van der Waals surface area contributed by atoms with Crippen molar-refractivity contribution in [2.24, 2.45) is 4.99 Å². The average molecular weight is 554 g/mol. The summed E-state index contributed by atoms with van der Waals surface area (Å²) in [6, 6.07) is 10.8. The number of amidine groups is 1. The van der Waals surface area contributed by atoms with E-state index >= 15 is 0 Å². The summed E-state index contributed by atoms with van der Waals surface area (Å²) in [6.45, 7) is -0.229. The van der Waals surface area contributed by atoms with Gasteiger partial charge >= 0.3 is 5.97 Å². The summed E-state index contributed by atoms with van der Waals surface area (Å²) in [5.41, 5.74) is 1.45. The van der Waals surface area contributed by atoms with Crippen molar-refractivity contribution in [1.82, 2.24) is 5.32 Å². The largest absolute Gasteiger partial charge is 0.497 e. The Balaban J connectivity index is 1.80. The molecule has 0 saturated carbocycles. The molecule has 0 aliphatic carbocycles. The monoisotopic (exact) mass is 554 g/mol. The van der Waals surface area contributed by atoms with Crippen LogP contribution in [-0.2, 0) is 14.3 Å². The molecule has 1 N–H and O–H groups in total. The van der Waals surface area contributed by atoms with E-state index in [0.29, 0.717) is 27.3 Å². The van der Waals surface area contributed by atoms with Gasteiger partial charge < -0.3 is 24.3 Å². The third-order valence-electron chi connectivity index (χ3n) is 4.07. The Morgan fingerprint density at radius 2 is 1.90 bits per heavy atom. The quantitative estimate of drug-likeness (QED) is 0.317. The summed E-state index contributed by atoms with van der Waals surface area (Å²) in [4.78, 5) is 28.7. The first-order chi connectivity index (χ1) is 14.9. The molecular weight excluding hydrogens is 535 g/mol. The van der Waals surface area contributed by atoms with Gasteiger partial charge in [-0.25, -0.2) is 9.79 Å². The summed E-state index contributed by atoms with van der Waals surface area (Å²) in [7, 11) is 4.39. The van der Waals surface area contributed by atoms with Crippen molar-refractivity contribution in [2.75, 3.05) is 27.9 Å². The molecule has 1 heterocycles. The number of carbonyl (C=O) groups is 2. The Morgan fingerprint density at radius 3 is 2.55 bits per heavy atom. The normalized spacial score (nSPS) is 15.7. The summed E-state index contributed by atoms with van der Waals surface area (Å²) in [6.07, 6.45) is 1.74. The van der Waals surface area contributed by atoms with Crippen LogP contribution < -0.4 is 19.5 Å². The van der Waals surface area contributed by atoms with Crippen molar-refractivity contribution < 1.29 is 28.5 Å². The van der Waals surface area contributed by atoms with E-state index in [2.05, 4.69) is 37.6 Å². The van der Waals surface area contributed by atoms with Crippen LogP contribution in [-0.4, -0.2) is 45.0 Å². The van der Waals surface area contributed by atoms with Crippen LogP contribution in [0, 0.1) is 3.57 Å². The first kappa shape index (κ1) is 22.9. The zero-order valence-electron chi connectivity index (χ0n) is 16.9. The molecule has 1 aliphatic rings. The highest BCUT2D eigenvalue weighted by Crippen LogP contribution is 2.36. The van der Waals surface area contributed by atoms with E-state index in [9.17, 15) is 9.59 Å². The molecule has 1 amide bonds. The van der Waals surface area contributed by atoms with Crippen LogP contribution in [0.5, 0.6) is 17.2 Å². The number of thioether (sulfide) groups is 1. The number of hydrogen-bond acceptors (Lipinski definition) is 8. The minimum Gasteiger partial charge on any atom is -0.497 e. The van der Waals surface area contributed by atoms with E-state index in [4.69, 9.17) is 14.2 Å². The number of aliphatic imine (C=N–C) groups is 1. The lowest BCUT2D eigenvalue weighted by Gasteiger charge is -2.13. The molecule has 10 heteroatoms. The molecule has 2 aromatic carbocycles. The first-order valence-electron chi connectivity index (χ1n) is 8.94. The molecule has 1 saturated heterocycles. The van der Waals surface area contributed by atoms with Gasteiger partial charge in [0.2, 0.25) is 0 Å². The van der Waals surface area contributed by atoms with Crippen LogP contribution in [0.3, 0.4) is 0 Å². The zero-order valence-corrected chi connectivity index (χ0v) is 19.9. The van der Waals surface area contributed by atoms with Gasteiger partial charge in [0.05, 0.1) is 35.5 Å². The highest BCUT2D eigenvalue weighted by atomic mass is 127. The number of ether oxygens (including phenoxy) is 4. The van der Waals surface area contributed by atoms with Crippen molar-refractivity contribution in [3.05, 3.63) is 50.4 Å². The number of methoxy groups -OCH3 is 3. The third kappa shape index (κ3) is 5.91. The van der Waals surface area contributed by atoms with E-state index in [1.54, 1.807) is 43.5 Å². The Bertz CT molecular complexity index is 1050. The van der Waals surface area contributed by atoms with E-state index in [1.165, 1.54) is 26.0 Å². The maximum absolute atomic E-state index is 12.4. The van der Waals surface area contributed by atoms with Crippen LogP contribution in [0.1, 0.15) is 5.56 Å². The van der Waals surface area contributed by atoms with Crippen molar-refractivity contribution in [2.45, 2.75) is 0 Å². The Morgan fingerprint density at radius 1 is 1.16 bits per heavy atom. The zero-order chi connectivity index (χ0) is 22.4. The summed E-state index contributed by atoms with van der Waals surface area (Å²) >= 11 is 3.33. The molecule has 31 heavy (non-hydrogen) atoms. The van der Waals surface area contributed by atoms with Gasteiger partial charge in [-0.15, -0.1) is 0 Å². The van der Waals surface area contributed by atoms with Crippen LogP contribution >= 0.6 is 34.4 Å². The van der Waals surface area contributed by atoms with E-state index in [1.807, 2.05) is 6.07 Å². The number of esters is 1. The number of hydrogen-bond donors (Lipinski definition) is 1. The van der Waals surface area contributed by atoms with Crippen molar-refractivity contribution in [1.29, 1.82) is 0 Å². The van der Waals surface area contributed by atoms with Crippen molar-refractivity contribution in [3.8, 4) is 17.2 Å². The molecule has 1 fully saturated rings. The Labute approximate surface area is 197 Å². The second-order valence-corrected chi connectivity index (χ2v) is 8.27. The molecule has 0 unspecified atom stereocenters. The van der Waals surface area contributed by atoms with Gasteiger partial charge in [-0.2, -0.15) is 0 Å². The number of benzene rings is 2. The number of rotatable bonds is 7. The molecule has 1 aliphatic heterocycles. The van der Waals surface area contributed by atoms with Crippen LogP contribution in [0.2, 0.25) is 0 Å². The van der Waals surface area contributed by atoms with Gasteiger partial charge in [0, 0.05) is 0 Å². The summed E-state index contributed by atoms with van der Waals surface area (Å²) in [5, 5.41) is 3.25. The van der Waals surface area contributed by atoms with Gasteiger partial charge in [0.1, 0.15) is 5.75 Å². The highest BCUT2D eigenvalue weighted by Gasteiger charge is 2.24. The Kier molecular flexibility index (Phi) is 7.80. The smallest absolute Gasteiger partial charge is 0.343 e. The number of amides is 1. The maximum atomic E-state index is 12.4. The molecule has 2 aromatic rings. The van der Waals surface area contributed by atoms with Gasteiger partial charge in [-0.1, -0.05) is 0 Å². The lowest BCUT2D eigenvalue weighted by Crippen LogP contribution is -2.19. The molecule has 0 radical (unpaired) electrons. The molecule has 8 nitrogen and oxygen atoms in total. The number of carbonyl (C=O) groups excluding carboxylic acids is 2. The second kappa shape index (κ2) is 10.5. The fourth-order valence-electron chi connectivity index (χ4n) is 2.56. The third-order valence-corrected chi connectivity index (χ3v) is 5.78. The standard InChI is InChI=1S/C21H19IN2O6S/c1-27-14-6-4-13(5-7-14)23-21-24-20(26)17(31-21)10-12-8-15(22)19(16(9-12)28-2)30-11-18(25)29-3/h4-10H,11H2,1-3H3,(H,23,24,26)/b17-10+. The SMILES string of the molecule is COC(=O)COc1c(I)cc(/C=C2/SC(=Nc3ccc(OC)cc3)NC2=O)cc1OC. The van der Waals surface area contributed by atoms with Gasteiger partial charge in [0.25, 0.3) is 5.91 Å². The minimum atomic E-state index is -0.494. The van der Waals surface area contributed by atoms with Crippen molar-refractivity contribution >= 4 is 63.2 Å². The van der Waals surface area contributed by atoms with E-state index in [-0.39, 0.29) is 12.5 Å². The summed E-state index contributed by atoms with van der Waals surface area (Å²) < 4.78 is 21.4. The average Bonchev–Trinajstić information content (AvgIpc) is 3.11. The van der Waals surface area contributed by atoms with Gasteiger partial charge in [-0.05, 0) is 82.4 Å². The van der Waals surface area contributed by atoms with E-state index < -0.39 is 5.97 Å². The highest BCUT2D eigenvalue weighted by molar-refractivity contribution is 14.1. The number of nitrogens with one attached hydrogen (secondary N) is 1. The van der Waals surface area contributed by atoms with E-state index in [0.717, 1.165) is 14.9 Å². The van der Waals surface area contributed by atoms with Gasteiger partial charge in [0.15, 0.2) is 23.3 Å². The molecular formula is C21H19IN2O6S. The van der Waals surface area contributed by atoms with Crippen molar-refractivity contribution in [3.63, 3.8) is 0 Å². The number of halogens is 1. The molecule has 162 valence electrons. The lowest BCUT2D eigenvalue weighted by atomic mass is 10.2. The van der Waals surface area contributed by atoms with Gasteiger partial charge in [-0.3, -0.25) is 4.79 Å². The second-order valence-electron chi connectivity index (χ2n) is 6.08. The fourth-order valence-corrected chi connectivity index (χ4v) is 4.18. The lowest BCUT2D eigenvalue weighted by molar-refractivity contribution is -0.143. The molecule has 0 aromatic heterocycles. The topological polar surface area (TPSA) is 95.5 Å². The minimum absolute atomic E-state index is 0.229. The van der Waals surface area contributed by atoms with Crippen LogP contribution in [0.4, 0.5) is 5.69 Å². The molecule has 0 atom stereocenters. The predicted octanol–water partition coefficient (Wildman–Crippen LogP) is 3.75. The first-order valence-corrected chi connectivity index (χ1v) is 10.8. The number of nitrogens with zero attached hydrogens (tertiary/aromatic N) is 1. The Hall–Kier alpha value is -2.73.